The van der Waals surface area contributed by atoms with Crippen LogP contribution in [0.4, 0.5) is 5.69 Å². The van der Waals surface area contributed by atoms with Crippen molar-refractivity contribution in [2.24, 2.45) is 0 Å². The number of nitrogens with zero attached hydrogens (tertiary/aromatic N) is 4. The first-order valence-corrected chi connectivity index (χ1v) is 14.0. The van der Waals surface area contributed by atoms with Crippen LogP contribution in [-0.2, 0) is 20.9 Å². The molecule has 3 aromatic carbocycles. The predicted molar refractivity (Wildman–Crippen MR) is 155 cm³/mol. The number of rotatable bonds is 10. The first kappa shape index (κ1) is 28.2. The van der Waals surface area contributed by atoms with Crippen molar-refractivity contribution < 1.29 is 33.3 Å². The fourth-order valence-electron chi connectivity index (χ4n) is 5.41. The van der Waals surface area contributed by atoms with Crippen LogP contribution in [0.2, 0.25) is 0 Å². The fraction of sp³-hybridized carbons (Fsp3) is 0.323. The minimum Gasteiger partial charge on any atom is -0.497 e. The molecule has 0 unspecified atom stereocenters. The SMILES string of the molecule is COc1cccc([C@H](C(=O)NC[C@@H]2CCCO2)N(C(=O)Cn2nnc3ccccc32)c2cc3c(cc2C(C)=O)OCO3)c1. The maximum Gasteiger partial charge on any atom is 0.249 e. The van der Waals surface area contributed by atoms with Crippen LogP contribution in [0.1, 0.15) is 41.7 Å². The Bertz CT molecular complexity index is 1680. The number of methoxy groups -OCH3 is 1. The Balaban J connectivity index is 1.49. The molecule has 2 aliphatic heterocycles. The molecule has 2 atom stereocenters. The molecule has 6 rings (SSSR count). The van der Waals surface area contributed by atoms with E-state index in [2.05, 4.69) is 15.6 Å². The van der Waals surface area contributed by atoms with Crippen molar-refractivity contribution in [2.45, 2.75) is 38.5 Å². The number of nitrogens with one attached hydrogen (secondary N) is 1. The van der Waals surface area contributed by atoms with Gasteiger partial charge in [0.1, 0.15) is 23.9 Å². The molecule has 1 fully saturated rings. The summed E-state index contributed by atoms with van der Waals surface area (Å²) >= 11 is 0. The smallest absolute Gasteiger partial charge is 0.249 e. The van der Waals surface area contributed by atoms with Gasteiger partial charge in [0, 0.05) is 24.8 Å². The highest BCUT2D eigenvalue weighted by Gasteiger charge is 2.37. The third-order valence-electron chi connectivity index (χ3n) is 7.55. The van der Waals surface area contributed by atoms with E-state index in [0.29, 0.717) is 40.5 Å². The number of anilines is 1. The van der Waals surface area contributed by atoms with Crippen LogP contribution in [-0.4, -0.2) is 65.7 Å². The van der Waals surface area contributed by atoms with Crippen LogP contribution in [0.3, 0.4) is 0 Å². The number of amides is 2. The van der Waals surface area contributed by atoms with Crippen LogP contribution >= 0.6 is 0 Å². The van der Waals surface area contributed by atoms with Crippen molar-refractivity contribution in [1.82, 2.24) is 20.3 Å². The highest BCUT2D eigenvalue weighted by molar-refractivity contribution is 6.08. The number of ketones is 1. The number of Topliss-reactive ketones (excluding diaryl/α,β-unsaturated/α-hetero) is 1. The molecule has 0 bridgehead atoms. The molecule has 222 valence electrons. The topological polar surface area (TPSA) is 134 Å². The Hall–Kier alpha value is -4.97. The average molecular weight is 586 g/mol. The Labute approximate surface area is 247 Å². The molecule has 4 aromatic rings. The third-order valence-corrected chi connectivity index (χ3v) is 7.55. The lowest BCUT2D eigenvalue weighted by Crippen LogP contribution is -2.47. The number of hydrogen-bond acceptors (Lipinski definition) is 9. The second kappa shape index (κ2) is 12.1. The molecule has 3 heterocycles. The molecule has 0 radical (unpaired) electrons. The van der Waals surface area contributed by atoms with Gasteiger partial charge in [-0.05, 0) is 55.7 Å². The average Bonchev–Trinajstić information content (AvgIpc) is 3.79. The number of carbonyl (C=O) groups excluding carboxylic acids is 3. The van der Waals surface area contributed by atoms with Gasteiger partial charge in [0.05, 0.1) is 24.4 Å². The third kappa shape index (κ3) is 5.73. The zero-order valence-corrected chi connectivity index (χ0v) is 23.8. The molecule has 1 saturated heterocycles. The first-order chi connectivity index (χ1) is 20.9. The number of ether oxygens (including phenoxy) is 4. The highest BCUT2D eigenvalue weighted by Crippen LogP contribution is 2.41. The molecule has 2 aliphatic rings. The van der Waals surface area contributed by atoms with Gasteiger partial charge in [0.25, 0.3) is 0 Å². The lowest BCUT2D eigenvalue weighted by molar-refractivity contribution is -0.127. The number of hydrogen-bond donors (Lipinski definition) is 1. The molecular weight excluding hydrogens is 554 g/mol. The van der Waals surface area contributed by atoms with E-state index >= 15 is 0 Å². The van der Waals surface area contributed by atoms with Crippen LogP contribution in [0.15, 0.2) is 60.7 Å². The molecule has 12 nitrogen and oxygen atoms in total. The Morgan fingerprint density at radius 2 is 1.91 bits per heavy atom. The molecule has 2 amide bonds. The largest absolute Gasteiger partial charge is 0.497 e. The maximum atomic E-state index is 14.5. The summed E-state index contributed by atoms with van der Waals surface area (Å²) in [7, 11) is 1.52. The van der Waals surface area contributed by atoms with Gasteiger partial charge in [-0.15, -0.1) is 5.10 Å². The van der Waals surface area contributed by atoms with E-state index in [9.17, 15) is 14.4 Å². The fourth-order valence-corrected chi connectivity index (χ4v) is 5.41. The summed E-state index contributed by atoms with van der Waals surface area (Å²) in [5.74, 6) is -0.0367. The second-order valence-corrected chi connectivity index (χ2v) is 10.3. The Kier molecular flexibility index (Phi) is 7.93. The van der Waals surface area contributed by atoms with E-state index in [-0.39, 0.29) is 43.0 Å². The molecule has 0 aliphatic carbocycles. The van der Waals surface area contributed by atoms with Gasteiger partial charge < -0.3 is 24.3 Å². The van der Waals surface area contributed by atoms with Crippen molar-refractivity contribution >= 4 is 34.3 Å². The summed E-state index contributed by atoms with van der Waals surface area (Å²) in [5.41, 5.74) is 2.14. The predicted octanol–water partition coefficient (Wildman–Crippen LogP) is 3.44. The lowest BCUT2D eigenvalue weighted by atomic mass is 9.99. The van der Waals surface area contributed by atoms with Gasteiger partial charge in [-0.25, -0.2) is 4.68 Å². The number of para-hydroxylation sites is 1. The lowest BCUT2D eigenvalue weighted by Gasteiger charge is -2.33. The molecule has 43 heavy (non-hydrogen) atoms. The summed E-state index contributed by atoms with van der Waals surface area (Å²) in [4.78, 5) is 43.0. The van der Waals surface area contributed by atoms with Gasteiger partial charge in [0.15, 0.2) is 17.3 Å². The molecule has 1 N–H and O–H groups in total. The van der Waals surface area contributed by atoms with E-state index in [1.165, 1.54) is 29.7 Å². The molecular formula is C31H31N5O7. The summed E-state index contributed by atoms with van der Waals surface area (Å²) < 4.78 is 23.8. The standard InChI is InChI=1S/C31H31N5O7/c1-19(37)23-14-27-28(43-18-42-27)15-26(23)36(29(38)17-35-25-11-4-3-10-24(25)33-34-35)30(20-7-5-8-21(13-20)40-2)31(39)32-16-22-9-6-12-41-22/h3-5,7-8,10-11,13-15,22,30H,6,9,12,16-18H2,1-2H3,(H,32,39)/t22-,30+/m0/s1. The van der Waals surface area contributed by atoms with E-state index in [1.54, 1.807) is 36.4 Å². The quantitative estimate of drug-likeness (QED) is 0.278. The van der Waals surface area contributed by atoms with Crippen molar-refractivity contribution in [3.8, 4) is 17.2 Å². The summed E-state index contributed by atoms with van der Waals surface area (Å²) in [6, 6.07) is 16.1. The van der Waals surface area contributed by atoms with Crippen molar-refractivity contribution in [2.75, 3.05) is 32.0 Å². The zero-order valence-electron chi connectivity index (χ0n) is 23.8. The Morgan fingerprint density at radius 1 is 1.09 bits per heavy atom. The van der Waals surface area contributed by atoms with Gasteiger partial charge in [0.2, 0.25) is 18.6 Å². The van der Waals surface area contributed by atoms with Crippen LogP contribution in [0, 0.1) is 0 Å². The minimum atomic E-state index is -1.20. The van der Waals surface area contributed by atoms with Crippen LogP contribution in [0.5, 0.6) is 17.2 Å². The van der Waals surface area contributed by atoms with E-state index < -0.39 is 17.9 Å². The van der Waals surface area contributed by atoms with E-state index in [4.69, 9.17) is 18.9 Å². The van der Waals surface area contributed by atoms with Gasteiger partial charge >= 0.3 is 0 Å². The molecule has 0 saturated carbocycles. The Morgan fingerprint density at radius 3 is 2.67 bits per heavy atom. The van der Waals surface area contributed by atoms with Crippen LogP contribution in [0.25, 0.3) is 11.0 Å². The maximum absolute atomic E-state index is 14.5. The number of carbonyl (C=O) groups is 3. The minimum absolute atomic E-state index is 0.0315. The molecule has 12 heteroatoms. The monoisotopic (exact) mass is 585 g/mol. The number of benzene rings is 3. The molecule has 0 spiro atoms. The molecule has 1 aromatic heterocycles. The normalized spacial score (nSPS) is 16.2. The summed E-state index contributed by atoms with van der Waals surface area (Å²) in [6.07, 6.45) is 1.61. The zero-order chi connectivity index (χ0) is 29.9. The van der Waals surface area contributed by atoms with Gasteiger partial charge in [-0.3, -0.25) is 19.3 Å². The van der Waals surface area contributed by atoms with Crippen molar-refractivity contribution in [3.05, 3.63) is 71.8 Å². The van der Waals surface area contributed by atoms with Crippen molar-refractivity contribution in [3.63, 3.8) is 0 Å². The van der Waals surface area contributed by atoms with E-state index in [0.717, 1.165) is 12.8 Å². The second-order valence-electron chi connectivity index (χ2n) is 10.3. The summed E-state index contributed by atoms with van der Waals surface area (Å²) in [5, 5.41) is 11.3. The first-order valence-electron chi connectivity index (χ1n) is 14.0. The van der Waals surface area contributed by atoms with Crippen molar-refractivity contribution in [1.29, 1.82) is 0 Å². The number of aromatic nitrogens is 3. The van der Waals surface area contributed by atoms with Gasteiger partial charge in [-0.2, -0.15) is 0 Å². The number of fused-ring (bicyclic) bond motifs is 2. The van der Waals surface area contributed by atoms with E-state index in [1.807, 2.05) is 18.2 Å². The summed E-state index contributed by atoms with van der Waals surface area (Å²) in [6.45, 7) is 2.01. The highest BCUT2D eigenvalue weighted by atomic mass is 16.7. The van der Waals surface area contributed by atoms with Crippen LogP contribution < -0.4 is 24.4 Å². The van der Waals surface area contributed by atoms with Gasteiger partial charge in [-0.1, -0.05) is 29.5 Å².